The molecule has 0 aliphatic carbocycles. The molecule has 1 aromatic carbocycles. The summed E-state index contributed by atoms with van der Waals surface area (Å²) in [6, 6.07) is 1.90. The number of rotatable bonds is 2. The minimum absolute atomic E-state index is 0.0255. The Morgan fingerprint density at radius 3 is 2.73 bits per heavy atom. The number of piperazine rings is 1. The van der Waals surface area contributed by atoms with Gasteiger partial charge in [-0.1, -0.05) is 11.6 Å². The predicted molar refractivity (Wildman–Crippen MR) is 78.7 cm³/mol. The molecule has 1 aromatic rings. The summed E-state index contributed by atoms with van der Waals surface area (Å²) in [5, 5.41) is 4.61. The summed E-state index contributed by atoms with van der Waals surface area (Å²) in [5.41, 5.74) is -0.350. The predicted octanol–water partition coefficient (Wildman–Crippen LogP) is 0.657. The molecule has 2 aliphatic heterocycles. The zero-order valence-electron chi connectivity index (χ0n) is 11.6. The topological polar surface area (TPSA) is 83.7 Å². The van der Waals surface area contributed by atoms with Gasteiger partial charge in [-0.3, -0.25) is 9.69 Å². The number of carbonyl (C=O) groups excluding carboxylic acids is 1. The van der Waals surface area contributed by atoms with Crippen molar-refractivity contribution in [1.82, 2.24) is 9.80 Å². The molecule has 120 valence electrons. The highest BCUT2D eigenvalue weighted by Crippen LogP contribution is 2.27. The number of primary sulfonamides is 1. The van der Waals surface area contributed by atoms with Crippen LogP contribution in [0.25, 0.3) is 0 Å². The van der Waals surface area contributed by atoms with Gasteiger partial charge in [0, 0.05) is 32.2 Å². The van der Waals surface area contributed by atoms with Crippen molar-refractivity contribution in [2.75, 3.05) is 26.2 Å². The van der Waals surface area contributed by atoms with E-state index in [0.717, 1.165) is 38.2 Å². The van der Waals surface area contributed by atoms with Gasteiger partial charge in [-0.15, -0.1) is 0 Å². The molecule has 2 heterocycles. The van der Waals surface area contributed by atoms with E-state index in [1.54, 1.807) is 4.90 Å². The van der Waals surface area contributed by atoms with Crippen LogP contribution in [-0.4, -0.2) is 56.3 Å². The first-order valence-corrected chi connectivity index (χ1v) is 8.75. The molecule has 2 N–H and O–H groups in total. The number of nitrogens with two attached hydrogens (primary N) is 1. The van der Waals surface area contributed by atoms with E-state index in [1.165, 1.54) is 0 Å². The van der Waals surface area contributed by atoms with Crippen molar-refractivity contribution >= 4 is 27.5 Å². The molecular formula is C13H15ClFN3O3S. The molecule has 2 unspecified atom stereocenters. The van der Waals surface area contributed by atoms with Gasteiger partial charge in [0.2, 0.25) is 10.0 Å². The van der Waals surface area contributed by atoms with Crippen molar-refractivity contribution in [2.45, 2.75) is 17.4 Å². The third-order valence-electron chi connectivity index (χ3n) is 4.17. The fourth-order valence-electron chi connectivity index (χ4n) is 3.01. The Labute approximate surface area is 132 Å². The molecule has 0 saturated carbocycles. The number of halogens is 2. The quantitative estimate of drug-likeness (QED) is 0.851. The monoisotopic (exact) mass is 347 g/mol. The summed E-state index contributed by atoms with van der Waals surface area (Å²) in [6.07, 6.45) is 0.829. The van der Waals surface area contributed by atoms with Gasteiger partial charge in [-0.2, -0.15) is 0 Å². The molecule has 0 spiro atoms. The third-order valence-corrected chi connectivity index (χ3v) is 5.33. The van der Waals surface area contributed by atoms with Crippen LogP contribution in [0.1, 0.15) is 16.8 Å². The van der Waals surface area contributed by atoms with Gasteiger partial charge in [0.15, 0.2) is 5.82 Å². The van der Waals surface area contributed by atoms with Crippen LogP contribution >= 0.6 is 11.6 Å². The van der Waals surface area contributed by atoms with E-state index in [4.69, 9.17) is 16.7 Å². The van der Waals surface area contributed by atoms with Crippen LogP contribution in [0.15, 0.2) is 17.0 Å². The summed E-state index contributed by atoms with van der Waals surface area (Å²) in [6.45, 7) is 2.89. The fraction of sp³-hybridized carbons (Fsp3) is 0.462. The number of carbonyl (C=O) groups is 1. The van der Waals surface area contributed by atoms with Gasteiger partial charge in [-0.25, -0.2) is 17.9 Å². The summed E-state index contributed by atoms with van der Waals surface area (Å²) in [7, 11) is -4.07. The standard InChI is InChI=1S/C13H15ClFN3O3S/c14-11-6-9(22(16,20)21)5-10(12(11)15)13(19)18-4-3-17-2-1-8(18)7-17/h5-6,8H,1-4,7H2,(H2,16,20,21). The van der Waals surface area contributed by atoms with E-state index in [1.807, 2.05) is 0 Å². The van der Waals surface area contributed by atoms with Crippen molar-refractivity contribution in [3.63, 3.8) is 0 Å². The van der Waals surface area contributed by atoms with Gasteiger partial charge in [0.25, 0.3) is 5.91 Å². The van der Waals surface area contributed by atoms with Crippen LogP contribution < -0.4 is 5.14 Å². The Morgan fingerprint density at radius 1 is 1.32 bits per heavy atom. The second-order valence-corrected chi connectivity index (χ2v) is 7.52. The lowest BCUT2D eigenvalue weighted by atomic mass is 10.1. The molecule has 9 heteroatoms. The number of benzene rings is 1. The maximum Gasteiger partial charge on any atom is 0.257 e. The van der Waals surface area contributed by atoms with Gasteiger partial charge in [0.05, 0.1) is 15.5 Å². The molecule has 2 saturated heterocycles. The van der Waals surface area contributed by atoms with Crippen molar-refractivity contribution in [3.8, 4) is 0 Å². The van der Waals surface area contributed by atoms with Crippen LogP contribution in [0.4, 0.5) is 4.39 Å². The largest absolute Gasteiger partial charge is 0.333 e. The van der Waals surface area contributed by atoms with Crippen LogP contribution in [0, 0.1) is 5.82 Å². The number of hydrogen-bond acceptors (Lipinski definition) is 4. The molecule has 0 aromatic heterocycles. The van der Waals surface area contributed by atoms with Gasteiger partial charge >= 0.3 is 0 Å². The SMILES string of the molecule is NS(=O)(=O)c1cc(Cl)c(F)c(C(=O)N2CCN3CCC2C3)c1. The highest BCUT2D eigenvalue weighted by atomic mass is 35.5. The Morgan fingerprint density at radius 2 is 2.05 bits per heavy atom. The Hall–Kier alpha value is -1.22. The van der Waals surface area contributed by atoms with Crippen LogP contribution in [0.5, 0.6) is 0 Å². The smallest absolute Gasteiger partial charge is 0.257 e. The molecule has 6 nitrogen and oxygen atoms in total. The first kappa shape index (κ1) is 15.7. The van der Waals surface area contributed by atoms with Crippen molar-refractivity contribution < 1.29 is 17.6 Å². The van der Waals surface area contributed by atoms with Crippen molar-refractivity contribution in [3.05, 3.63) is 28.5 Å². The van der Waals surface area contributed by atoms with Gasteiger partial charge in [0.1, 0.15) is 0 Å². The first-order valence-electron chi connectivity index (χ1n) is 6.82. The zero-order valence-corrected chi connectivity index (χ0v) is 13.2. The average Bonchev–Trinajstić information content (AvgIpc) is 2.81. The lowest BCUT2D eigenvalue weighted by molar-refractivity contribution is 0.0604. The van der Waals surface area contributed by atoms with Crippen LogP contribution in [0.3, 0.4) is 0 Å². The normalized spacial score (nSPS) is 24.6. The average molecular weight is 348 g/mol. The number of hydrogen-bond donors (Lipinski definition) is 1. The van der Waals surface area contributed by atoms with Crippen molar-refractivity contribution in [2.24, 2.45) is 5.14 Å². The van der Waals surface area contributed by atoms with E-state index < -0.39 is 26.8 Å². The minimum atomic E-state index is -4.07. The maximum absolute atomic E-state index is 14.2. The number of nitrogens with zero attached hydrogens (tertiary/aromatic N) is 2. The third kappa shape index (κ3) is 2.71. The van der Waals surface area contributed by atoms with Gasteiger partial charge in [-0.05, 0) is 18.6 Å². The van der Waals surface area contributed by atoms with E-state index in [-0.39, 0.29) is 16.5 Å². The Kier molecular flexibility index (Phi) is 3.88. The molecule has 2 fully saturated rings. The highest BCUT2D eigenvalue weighted by molar-refractivity contribution is 7.89. The summed E-state index contributed by atoms with van der Waals surface area (Å²) in [5.74, 6) is -1.46. The molecule has 1 amide bonds. The van der Waals surface area contributed by atoms with Gasteiger partial charge < -0.3 is 4.90 Å². The fourth-order valence-corrected chi connectivity index (χ4v) is 3.86. The molecule has 2 atom stereocenters. The summed E-state index contributed by atoms with van der Waals surface area (Å²) >= 11 is 5.71. The molecule has 2 aliphatic rings. The maximum atomic E-state index is 14.2. The van der Waals surface area contributed by atoms with Crippen LogP contribution in [-0.2, 0) is 10.0 Å². The van der Waals surface area contributed by atoms with E-state index in [2.05, 4.69) is 4.90 Å². The molecule has 3 rings (SSSR count). The van der Waals surface area contributed by atoms with Crippen LogP contribution in [0.2, 0.25) is 5.02 Å². The molecule has 22 heavy (non-hydrogen) atoms. The number of fused-ring (bicyclic) bond motifs is 2. The number of sulfonamides is 1. The Bertz CT molecular complexity index is 740. The number of amides is 1. The minimum Gasteiger partial charge on any atom is -0.333 e. The lowest BCUT2D eigenvalue weighted by Crippen LogP contribution is -2.49. The van der Waals surface area contributed by atoms with Crippen molar-refractivity contribution in [1.29, 1.82) is 0 Å². The summed E-state index contributed by atoms with van der Waals surface area (Å²) in [4.78, 5) is 16.1. The molecule has 0 radical (unpaired) electrons. The van der Waals surface area contributed by atoms with E-state index >= 15 is 0 Å². The second-order valence-electron chi connectivity index (χ2n) is 5.55. The molecular weight excluding hydrogens is 333 g/mol. The molecule has 2 bridgehead atoms. The first-order chi connectivity index (χ1) is 10.3. The zero-order chi connectivity index (χ0) is 16.1. The highest BCUT2D eigenvalue weighted by Gasteiger charge is 2.36. The lowest BCUT2D eigenvalue weighted by Gasteiger charge is -2.34. The van der Waals surface area contributed by atoms with E-state index in [9.17, 15) is 17.6 Å². The van der Waals surface area contributed by atoms with E-state index in [0.29, 0.717) is 6.54 Å². The second kappa shape index (κ2) is 5.45. The Balaban J connectivity index is 2.00. The summed E-state index contributed by atoms with van der Waals surface area (Å²) < 4.78 is 37.1.